The molecule has 0 radical (unpaired) electrons. The lowest BCUT2D eigenvalue weighted by Gasteiger charge is -2.16. The van der Waals surface area contributed by atoms with E-state index in [9.17, 15) is 4.79 Å². The largest absolute Gasteiger partial charge is 0.481 e. The van der Waals surface area contributed by atoms with Gasteiger partial charge in [0.25, 0.3) is 0 Å². The molecule has 0 aliphatic heterocycles. The first-order valence-electron chi connectivity index (χ1n) is 5.80. The zero-order valence-corrected chi connectivity index (χ0v) is 10.8. The summed E-state index contributed by atoms with van der Waals surface area (Å²) < 4.78 is 0. The molecule has 0 aliphatic rings. The normalized spacial score (nSPS) is 11.7. The highest BCUT2D eigenvalue weighted by Crippen LogP contribution is 2.20. The number of aliphatic carboxylic acids is 1. The molecule has 1 aromatic heterocycles. The van der Waals surface area contributed by atoms with Gasteiger partial charge in [0.15, 0.2) is 0 Å². The van der Waals surface area contributed by atoms with Crippen LogP contribution in [0.4, 0.5) is 5.69 Å². The maximum absolute atomic E-state index is 10.5. The van der Waals surface area contributed by atoms with E-state index in [4.69, 9.17) is 10.4 Å². The lowest BCUT2D eigenvalue weighted by Crippen LogP contribution is -2.18. The van der Waals surface area contributed by atoms with Crippen LogP contribution in [-0.2, 0) is 4.79 Å². The van der Waals surface area contributed by atoms with Gasteiger partial charge < -0.3 is 10.4 Å². The molecule has 18 heavy (non-hydrogen) atoms. The Bertz CT molecular complexity index is 492. The fourth-order valence-electron chi connectivity index (χ4n) is 1.76. The molecular weight excluding hydrogens is 230 g/mol. The molecule has 0 fully saturated rings. The number of anilines is 1. The van der Waals surface area contributed by atoms with E-state index in [-0.39, 0.29) is 12.5 Å². The number of hydrogen-bond donors (Lipinski definition) is 2. The standard InChI is InChI=1S/C13H17N3O2/c1-8(4-5-13(17)18)16-12-6-9(2)15-10(3)11(12)7-14/h6,8H,4-5H2,1-3H3,(H,15,16)(H,17,18). The van der Waals surface area contributed by atoms with Gasteiger partial charge in [-0.25, -0.2) is 0 Å². The second kappa shape index (κ2) is 6.01. The number of aromatic nitrogens is 1. The maximum atomic E-state index is 10.5. The van der Waals surface area contributed by atoms with Crippen LogP contribution in [0, 0.1) is 25.2 Å². The van der Waals surface area contributed by atoms with Gasteiger partial charge in [-0.3, -0.25) is 9.78 Å². The molecule has 2 N–H and O–H groups in total. The summed E-state index contributed by atoms with van der Waals surface area (Å²) in [4.78, 5) is 14.7. The van der Waals surface area contributed by atoms with E-state index < -0.39 is 5.97 Å². The fourth-order valence-corrected chi connectivity index (χ4v) is 1.76. The lowest BCUT2D eigenvalue weighted by atomic mass is 10.1. The van der Waals surface area contributed by atoms with Gasteiger partial charge in [0.05, 0.1) is 16.9 Å². The highest BCUT2D eigenvalue weighted by atomic mass is 16.4. The van der Waals surface area contributed by atoms with Gasteiger partial charge in [0.2, 0.25) is 0 Å². The second-order valence-electron chi connectivity index (χ2n) is 4.36. The number of aryl methyl sites for hydroxylation is 2. The molecule has 1 heterocycles. The minimum Gasteiger partial charge on any atom is -0.481 e. The summed E-state index contributed by atoms with van der Waals surface area (Å²) in [6, 6.07) is 3.92. The number of carboxylic acid groups (broad SMARTS) is 1. The van der Waals surface area contributed by atoms with Crippen LogP contribution in [0.1, 0.15) is 36.7 Å². The Labute approximate surface area is 106 Å². The van der Waals surface area contributed by atoms with E-state index in [0.29, 0.717) is 17.7 Å². The van der Waals surface area contributed by atoms with Gasteiger partial charge in [-0.1, -0.05) is 0 Å². The van der Waals surface area contributed by atoms with Gasteiger partial charge in [0, 0.05) is 18.2 Å². The third kappa shape index (κ3) is 3.74. The van der Waals surface area contributed by atoms with E-state index in [1.807, 2.05) is 19.9 Å². The topological polar surface area (TPSA) is 86.0 Å². The third-order valence-electron chi connectivity index (χ3n) is 2.63. The number of pyridine rings is 1. The highest BCUT2D eigenvalue weighted by molar-refractivity contribution is 5.67. The zero-order chi connectivity index (χ0) is 13.7. The molecule has 5 nitrogen and oxygen atoms in total. The Hall–Kier alpha value is -2.09. The summed E-state index contributed by atoms with van der Waals surface area (Å²) in [6.07, 6.45) is 0.625. The molecule has 0 spiro atoms. The number of nitrogens with one attached hydrogen (secondary N) is 1. The van der Waals surface area contributed by atoms with Crippen molar-refractivity contribution in [1.29, 1.82) is 5.26 Å². The van der Waals surface area contributed by atoms with E-state index in [1.54, 1.807) is 6.92 Å². The van der Waals surface area contributed by atoms with Crippen molar-refractivity contribution in [3.8, 4) is 6.07 Å². The average Bonchev–Trinajstić information content (AvgIpc) is 2.26. The number of nitriles is 1. The molecule has 0 saturated heterocycles. The summed E-state index contributed by atoms with van der Waals surface area (Å²) in [7, 11) is 0. The number of nitrogens with zero attached hydrogens (tertiary/aromatic N) is 2. The summed E-state index contributed by atoms with van der Waals surface area (Å²) in [5.41, 5.74) is 2.76. The average molecular weight is 247 g/mol. The molecule has 1 unspecified atom stereocenters. The van der Waals surface area contributed by atoms with E-state index >= 15 is 0 Å². The first kappa shape index (κ1) is 14.0. The third-order valence-corrected chi connectivity index (χ3v) is 2.63. The van der Waals surface area contributed by atoms with Crippen molar-refractivity contribution in [1.82, 2.24) is 4.98 Å². The Kier molecular flexibility index (Phi) is 4.67. The smallest absolute Gasteiger partial charge is 0.303 e. The Morgan fingerprint density at radius 2 is 2.28 bits per heavy atom. The van der Waals surface area contributed by atoms with Crippen LogP contribution in [0.3, 0.4) is 0 Å². The van der Waals surface area contributed by atoms with E-state index in [2.05, 4.69) is 16.4 Å². The fraction of sp³-hybridized carbons (Fsp3) is 0.462. The molecule has 0 bridgehead atoms. The van der Waals surface area contributed by atoms with Crippen LogP contribution in [0.25, 0.3) is 0 Å². The molecule has 0 amide bonds. The molecule has 0 aliphatic carbocycles. The van der Waals surface area contributed by atoms with Crippen LogP contribution in [-0.4, -0.2) is 22.1 Å². The molecular formula is C13H17N3O2. The summed E-state index contributed by atoms with van der Waals surface area (Å²) >= 11 is 0. The minimum atomic E-state index is -0.814. The van der Waals surface area contributed by atoms with Crippen LogP contribution in [0.5, 0.6) is 0 Å². The highest BCUT2D eigenvalue weighted by Gasteiger charge is 2.11. The van der Waals surface area contributed by atoms with E-state index in [0.717, 1.165) is 11.4 Å². The van der Waals surface area contributed by atoms with Crippen molar-refractivity contribution >= 4 is 11.7 Å². The quantitative estimate of drug-likeness (QED) is 0.833. The molecule has 1 rings (SSSR count). The summed E-state index contributed by atoms with van der Waals surface area (Å²) in [5, 5.41) is 20.9. The molecule has 0 saturated carbocycles. The monoisotopic (exact) mass is 247 g/mol. The molecule has 5 heteroatoms. The van der Waals surface area contributed by atoms with Gasteiger partial charge in [-0.2, -0.15) is 5.26 Å². The van der Waals surface area contributed by atoms with Crippen molar-refractivity contribution < 1.29 is 9.90 Å². The van der Waals surface area contributed by atoms with Gasteiger partial charge in [-0.05, 0) is 33.3 Å². The molecule has 96 valence electrons. The van der Waals surface area contributed by atoms with Crippen molar-refractivity contribution in [2.75, 3.05) is 5.32 Å². The Balaban J connectivity index is 2.84. The number of carboxylic acids is 1. The number of hydrogen-bond acceptors (Lipinski definition) is 4. The SMILES string of the molecule is Cc1cc(NC(C)CCC(=O)O)c(C#N)c(C)n1. The van der Waals surface area contributed by atoms with Gasteiger partial charge >= 0.3 is 5.97 Å². The van der Waals surface area contributed by atoms with Crippen molar-refractivity contribution in [2.24, 2.45) is 0 Å². The van der Waals surface area contributed by atoms with Crippen molar-refractivity contribution in [3.63, 3.8) is 0 Å². The minimum absolute atomic E-state index is 0.00519. The lowest BCUT2D eigenvalue weighted by molar-refractivity contribution is -0.137. The predicted octanol–water partition coefficient (Wildman–Crippen LogP) is 2.24. The van der Waals surface area contributed by atoms with Crippen LogP contribution >= 0.6 is 0 Å². The first-order chi connectivity index (χ1) is 8.43. The predicted molar refractivity (Wildman–Crippen MR) is 68.4 cm³/mol. The van der Waals surface area contributed by atoms with Crippen LogP contribution in [0.2, 0.25) is 0 Å². The Morgan fingerprint density at radius 3 is 2.83 bits per heavy atom. The number of carbonyl (C=O) groups is 1. The van der Waals surface area contributed by atoms with Crippen molar-refractivity contribution in [3.05, 3.63) is 23.0 Å². The summed E-state index contributed by atoms with van der Waals surface area (Å²) in [5.74, 6) is -0.814. The zero-order valence-electron chi connectivity index (χ0n) is 10.8. The summed E-state index contributed by atoms with van der Waals surface area (Å²) in [6.45, 7) is 5.55. The Morgan fingerprint density at radius 1 is 1.61 bits per heavy atom. The van der Waals surface area contributed by atoms with Crippen LogP contribution in [0.15, 0.2) is 6.07 Å². The maximum Gasteiger partial charge on any atom is 0.303 e. The van der Waals surface area contributed by atoms with Gasteiger partial charge in [-0.15, -0.1) is 0 Å². The first-order valence-corrected chi connectivity index (χ1v) is 5.80. The molecule has 1 aromatic rings. The number of rotatable bonds is 5. The van der Waals surface area contributed by atoms with Gasteiger partial charge in [0.1, 0.15) is 6.07 Å². The molecule has 1 atom stereocenters. The van der Waals surface area contributed by atoms with Crippen molar-refractivity contribution in [2.45, 2.75) is 39.7 Å². The second-order valence-corrected chi connectivity index (χ2v) is 4.36. The van der Waals surface area contributed by atoms with Crippen LogP contribution < -0.4 is 5.32 Å². The van der Waals surface area contributed by atoms with E-state index in [1.165, 1.54) is 0 Å². The molecule has 0 aromatic carbocycles.